The molecule has 2 aromatic rings. The summed E-state index contributed by atoms with van der Waals surface area (Å²) in [7, 11) is 0. The van der Waals surface area contributed by atoms with Gasteiger partial charge in [0, 0.05) is 32.2 Å². The zero-order valence-electron chi connectivity index (χ0n) is 18.2. The van der Waals surface area contributed by atoms with Gasteiger partial charge in [0.25, 0.3) is 5.91 Å². The van der Waals surface area contributed by atoms with Crippen molar-refractivity contribution in [2.24, 2.45) is 5.92 Å². The number of amides is 1. The van der Waals surface area contributed by atoms with Gasteiger partial charge < -0.3 is 10.2 Å². The quantitative estimate of drug-likeness (QED) is 0.745. The van der Waals surface area contributed by atoms with Gasteiger partial charge in [0.2, 0.25) is 0 Å². The van der Waals surface area contributed by atoms with Crippen LogP contribution in [0.3, 0.4) is 0 Å². The first kappa shape index (κ1) is 21.3. The van der Waals surface area contributed by atoms with E-state index >= 15 is 0 Å². The maximum absolute atomic E-state index is 12.6. The summed E-state index contributed by atoms with van der Waals surface area (Å²) >= 11 is 1.52. The fourth-order valence-electron chi connectivity index (χ4n) is 4.73. The molecule has 0 saturated carbocycles. The van der Waals surface area contributed by atoms with Crippen LogP contribution in [0.15, 0.2) is 36.5 Å². The van der Waals surface area contributed by atoms with Crippen LogP contribution >= 0.6 is 11.3 Å². The van der Waals surface area contributed by atoms with E-state index in [-0.39, 0.29) is 5.91 Å². The van der Waals surface area contributed by atoms with Gasteiger partial charge in [-0.3, -0.25) is 9.69 Å². The number of nitrogens with zero attached hydrogens (tertiary/aromatic N) is 3. The van der Waals surface area contributed by atoms with Gasteiger partial charge >= 0.3 is 0 Å². The van der Waals surface area contributed by atoms with Gasteiger partial charge in [-0.2, -0.15) is 0 Å². The second-order valence-electron chi connectivity index (χ2n) is 8.99. The molecule has 2 saturated heterocycles. The van der Waals surface area contributed by atoms with E-state index in [0.717, 1.165) is 24.1 Å². The van der Waals surface area contributed by atoms with Gasteiger partial charge in [0.05, 0.1) is 6.20 Å². The third-order valence-corrected chi connectivity index (χ3v) is 7.65. The van der Waals surface area contributed by atoms with Crippen LogP contribution in [0, 0.1) is 5.92 Å². The Hall–Kier alpha value is -1.92. The molecule has 6 heteroatoms. The Morgan fingerprint density at radius 3 is 2.70 bits per heavy atom. The molecular weight excluding hydrogens is 392 g/mol. The lowest BCUT2D eigenvalue weighted by Crippen LogP contribution is -2.48. The first-order valence-electron chi connectivity index (χ1n) is 11.4. The lowest BCUT2D eigenvalue weighted by Gasteiger charge is -2.41. The molecular formula is C24H34N4OS. The van der Waals surface area contributed by atoms with Gasteiger partial charge in [-0.15, -0.1) is 0 Å². The van der Waals surface area contributed by atoms with Crippen molar-refractivity contribution in [2.45, 2.75) is 51.5 Å². The van der Waals surface area contributed by atoms with Crippen LogP contribution in [0.5, 0.6) is 0 Å². The fraction of sp³-hybridized carbons (Fsp3) is 0.583. The number of hydrogen-bond donors (Lipinski definition) is 1. The molecule has 2 aliphatic heterocycles. The van der Waals surface area contributed by atoms with Crippen molar-refractivity contribution in [3.05, 3.63) is 47.0 Å². The van der Waals surface area contributed by atoms with Crippen molar-refractivity contribution in [1.82, 2.24) is 15.2 Å². The Morgan fingerprint density at radius 1 is 1.20 bits per heavy atom. The molecule has 1 aromatic carbocycles. The minimum absolute atomic E-state index is 0.0151. The summed E-state index contributed by atoms with van der Waals surface area (Å²) in [6.45, 7) is 9.75. The Bertz CT molecular complexity index is 816. The Morgan fingerprint density at radius 2 is 1.97 bits per heavy atom. The summed E-state index contributed by atoms with van der Waals surface area (Å²) in [6.07, 6.45) is 6.85. The molecule has 30 heavy (non-hydrogen) atoms. The summed E-state index contributed by atoms with van der Waals surface area (Å²) in [4.78, 5) is 22.9. The lowest BCUT2D eigenvalue weighted by molar-refractivity contribution is 0.0955. The van der Waals surface area contributed by atoms with Crippen molar-refractivity contribution in [1.29, 1.82) is 0 Å². The molecule has 3 heterocycles. The summed E-state index contributed by atoms with van der Waals surface area (Å²) in [6, 6.07) is 11.0. The van der Waals surface area contributed by atoms with E-state index in [2.05, 4.69) is 46.1 Å². The Labute approximate surface area is 184 Å². The summed E-state index contributed by atoms with van der Waals surface area (Å²) in [5, 5.41) is 4.06. The topological polar surface area (TPSA) is 48.5 Å². The molecule has 1 N–H and O–H groups in total. The molecule has 0 spiro atoms. The van der Waals surface area contributed by atoms with E-state index in [4.69, 9.17) is 0 Å². The van der Waals surface area contributed by atoms with E-state index in [9.17, 15) is 4.79 Å². The largest absolute Gasteiger partial charge is 0.351 e. The van der Waals surface area contributed by atoms with Crippen molar-refractivity contribution < 1.29 is 4.79 Å². The zero-order chi connectivity index (χ0) is 20.9. The maximum atomic E-state index is 12.6. The number of nitrogens with one attached hydrogen (secondary N) is 1. The van der Waals surface area contributed by atoms with E-state index in [0.29, 0.717) is 23.4 Å². The number of aromatic nitrogens is 1. The summed E-state index contributed by atoms with van der Waals surface area (Å²) < 4.78 is 0. The highest BCUT2D eigenvalue weighted by Gasteiger charge is 2.28. The highest BCUT2D eigenvalue weighted by Crippen LogP contribution is 2.29. The third kappa shape index (κ3) is 5.22. The minimum Gasteiger partial charge on any atom is -0.351 e. The molecule has 5 nitrogen and oxygen atoms in total. The number of carbonyl (C=O) groups excluding carboxylic acids is 1. The molecule has 0 unspecified atom stereocenters. The number of piperidine rings is 2. The molecule has 1 amide bonds. The smallest absolute Gasteiger partial charge is 0.263 e. The van der Waals surface area contributed by atoms with Gasteiger partial charge in [-0.05, 0) is 49.6 Å². The van der Waals surface area contributed by atoms with Crippen molar-refractivity contribution in [2.75, 3.05) is 37.6 Å². The van der Waals surface area contributed by atoms with Crippen molar-refractivity contribution in [3.8, 4) is 0 Å². The number of rotatable bonds is 6. The highest BCUT2D eigenvalue weighted by atomic mass is 32.1. The number of benzene rings is 1. The van der Waals surface area contributed by atoms with E-state index in [1.54, 1.807) is 6.20 Å². The zero-order valence-corrected chi connectivity index (χ0v) is 19.0. The predicted octanol–water partition coefficient (Wildman–Crippen LogP) is 4.38. The van der Waals surface area contributed by atoms with Crippen LogP contribution in [0.25, 0.3) is 0 Å². The second kappa shape index (κ2) is 9.92. The number of anilines is 1. The van der Waals surface area contributed by atoms with Crippen LogP contribution in [0.4, 0.5) is 5.13 Å². The van der Waals surface area contributed by atoms with E-state index < -0.39 is 0 Å². The standard InChI is InChI=1S/C24H34N4OS/c1-18-7-6-12-28(17-18)21-10-13-27(14-11-21)24-26-16-22(30-24)23(29)25-15-19(2)20-8-4-3-5-9-20/h3-5,8-9,16,18-19,21H,6-7,10-15,17H2,1-2H3,(H,25,29)/t18-,19+/m1/s1. The number of likely N-dealkylation sites (tertiary alicyclic amines) is 1. The highest BCUT2D eigenvalue weighted by molar-refractivity contribution is 7.17. The normalized spacial score (nSPS) is 22.1. The fourth-order valence-corrected chi connectivity index (χ4v) is 5.61. The summed E-state index contributed by atoms with van der Waals surface area (Å²) in [5.41, 5.74) is 1.24. The third-order valence-electron chi connectivity index (χ3n) is 6.59. The average molecular weight is 427 g/mol. The molecule has 2 fully saturated rings. The number of hydrogen-bond acceptors (Lipinski definition) is 5. The first-order valence-corrected chi connectivity index (χ1v) is 12.2. The van der Waals surface area contributed by atoms with Gasteiger partial charge in [0.15, 0.2) is 5.13 Å². The average Bonchev–Trinajstić information content (AvgIpc) is 3.28. The van der Waals surface area contributed by atoms with Crippen LogP contribution in [-0.2, 0) is 0 Å². The molecule has 4 rings (SSSR count). The van der Waals surface area contributed by atoms with Gasteiger partial charge in [-0.1, -0.05) is 55.5 Å². The second-order valence-corrected chi connectivity index (χ2v) is 10.00. The van der Waals surface area contributed by atoms with Crippen LogP contribution in [-0.4, -0.2) is 54.6 Å². The monoisotopic (exact) mass is 426 g/mol. The molecule has 2 atom stereocenters. The van der Waals surface area contributed by atoms with Crippen molar-refractivity contribution in [3.63, 3.8) is 0 Å². The number of carbonyl (C=O) groups is 1. The van der Waals surface area contributed by atoms with Crippen molar-refractivity contribution >= 4 is 22.4 Å². The minimum atomic E-state index is -0.0151. The predicted molar refractivity (Wildman–Crippen MR) is 125 cm³/mol. The molecule has 2 aliphatic rings. The van der Waals surface area contributed by atoms with Gasteiger partial charge in [-0.25, -0.2) is 4.98 Å². The summed E-state index contributed by atoms with van der Waals surface area (Å²) in [5.74, 6) is 1.11. The maximum Gasteiger partial charge on any atom is 0.263 e. The Balaban J connectivity index is 1.26. The lowest BCUT2D eigenvalue weighted by atomic mass is 9.95. The van der Waals surface area contributed by atoms with Crippen LogP contribution in [0.2, 0.25) is 0 Å². The van der Waals surface area contributed by atoms with Crippen LogP contribution in [0.1, 0.15) is 60.7 Å². The van der Waals surface area contributed by atoms with Gasteiger partial charge in [0.1, 0.15) is 4.88 Å². The molecule has 0 radical (unpaired) electrons. The molecule has 0 bridgehead atoms. The van der Waals surface area contributed by atoms with E-state index in [1.165, 1.54) is 55.7 Å². The number of thiazole rings is 1. The van der Waals surface area contributed by atoms with E-state index in [1.807, 2.05) is 18.2 Å². The Kier molecular flexibility index (Phi) is 7.05. The molecule has 1 aromatic heterocycles. The van der Waals surface area contributed by atoms with Crippen LogP contribution < -0.4 is 10.2 Å². The SMILES string of the molecule is C[C@@H]1CCCN(C2CCN(c3ncc(C(=O)NC[C@H](C)c4ccccc4)s3)CC2)C1. The first-order chi connectivity index (χ1) is 14.6. The molecule has 162 valence electrons. The molecule has 0 aliphatic carbocycles.